The van der Waals surface area contributed by atoms with Crippen molar-refractivity contribution < 1.29 is 0 Å². The largest absolute Gasteiger partial charge is 0.322 e. The molecule has 0 unspecified atom stereocenters. The molecule has 0 spiro atoms. The number of para-hydroxylation sites is 2. The molecule has 2 N–H and O–H groups in total. The highest BCUT2D eigenvalue weighted by molar-refractivity contribution is 7.97. The van der Waals surface area contributed by atoms with Crippen molar-refractivity contribution >= 4 is 22.8 Å². The van der Waals surface area contributed by atoms with Gasteiger partial charge in [-0.1, -0.05) is 42.0 Å². The van der Waals surface area contributed by atoms with E-state index in [0.717, 1.165) is 28.2 Å². The van der Waals surface area contributed by atoms with Crippen LogP contribution in [0.15, 0.2) is 59.4 Å². The van der Waals surface area contributed by atoms with E-state index in [-0.39, 0.29) is 5.56 Å². The van der Waals surface area contributed by atoms with E-state index in [1.807, 2.05) is 24.3 Å². The van der Waals surface area contributed by atoms with E-state index in [9.17, 15) is 4.79 Å². The summed E-state index contributed by atoms with van der Waals surface area (Å²) in [6.45, 7) is 2.09. The van der Waals surface area contributed by atoms with Gasteiger partial charge in [0.25, 0.3) is 5.56 Å². The maximum absolute atomic E-state index is 12.3. The van der Waals surface area contributed by atoms with Gasteiger partial charge >= 0.3 is 0 Å². The summed E-state index contributed by atoms with van der Waals surface area (Å²) in [5.74, 6) is 2.18. The molecule has 0 aliphatic heterocycles. The molecule has 0 fully saturated rings. The van der Waals surface area contributed by atoms with E-state index in [1.165, 1.54) is 15.8 Å². The third-order valence-electron chi connectivity index (χ3n) is 4.01. The second-order valence-electron chi connectivity index (χ2n) is 6.01. The lowest BCUT2D eigenvalue weighted by atomic mass is 10.2. The van der Waals surface area contributed by atoms with Gasteiger partial charge in [0.1, 0.15) is 0 Å². The second-order valence-corrected chi connectivity index (χ2v) is 7.00. The summed E-state index contributed by atoms with van der Waals surface area (Å²) < 4.78 is 1.46. The van der Waals surface area contributed by atoms with E-state index in [2.05, 4.69) is 46.3 Å². The fourth-order valence-electron chi connectivity index (χ4n) is 2.68. The molecule has 4 aromatic rings. The van der Waals surface area contributed by atoms with Crippen LogP contribution < -0.4 is 5.56 Å². The Kier molecular flexibility index (Phi) is 4.19. The van der Waals surface area contributed by atoms with E-state index in [0.29, 0.717) is 5.95 Å². The van der Waals surface area contributed by atoms with Gasteiger partial charge in [-0.25, -0.2) is 4.98 Å². The molecule has 6 heteroatoms. The van der Waals surface area contributed by atoms with Crippen molar-refractivity contribution in [1.29, 1.82) is 0 Å². The molecule has 0 saturated heterocycles. The van der Waals surface area contributed by atoms with Gasteiger partial charge in [0.05, 0.1) is 11.0 Å². The van der Waals surface area contributed by atoms with Crippen molar-refractivity contribution in [2.75, 3.05) is 0 Å². The Bertz CT molecular complexity index is 1030. The number of nitrogens with one attached hydrogen (secondary N) is 2. The number of hydrogen-bond acceptors (Lipinski definition) is 3. The lowest BCUT2D eigenvalue weighted by Gasteiger charge is -2.01. The first-order chi connectivity index (χ1) is 12.2. The molecule has 2 aromatic carbocycles. The van der Waals surface area contributed by atoms with Gasteiger partial charge in [-0.05, 0) is 24.6 Å². The van der Waals surface area contributed by atoms with Crippen molar-refractivity contribution in [2.45, 2.75) is 18.4 Å². The number of aromatic amines is 2. The number of benzene rings is 2. The van der Waals surface area contributed by atoms with Crippen molar-refractivity contribution in [3.8, 4) is 5.95 Å². The Balaban J connectivity index is 1.48. The molecule has 5 nitrogen and oxygen atoms in total. The molecular formula is C19H18N4OS. The first kappa shape index (κ1) is 15.8. The number of rotatable bonds is 5. The summed E-state index contributed by atoms with van der Waals surface area (Å²) >= 11 is 1.77. The minimum absolute atomic E-state index is 0.106. The number of thioether (sulfide) groups is 1. The Morgan fingerprint density at radius 1 is 1.08 bits per heavy atom. The van der Waals surface area contributed by atoms with Crippen LogP contribution in [0.2, 0.25) is 0 Å². The Labute approximate surface area is 149 Å². The molecule has 0 bridgehead atoms. The van der Waals surface area contributed by atoms with Gasteiger partial charge in [0.2, 0.25) is 5.95 Å². The summed E-state index contributed by atoms with van der Waals surface area (Å²) in [6, 6.07) is 17.9. The molecule has 0 amide bonds. The van der Waals surface area contributed by atoms with Crippen LogP contribution in [-0.4, -0.2) is 19.7 Å². The van der Waals surface area contributed by atoms with Crippen LogP contribution in [0.5, 0.6) is 0 Å². The van der Waals surface area contributed by atoms with Crippen LogP contribution in [0.3, 0.4) is 0 Å². The average Bonchev–Trinajstić information content (AvgIpc) is 3.19. The normalized spacial score (nSPS) is 11.2. The van der Waals surface area contributed by atoms with E-state index in [1.54, 1.807) is 17.8 Å². The summed E-state index contributed by atoms with van der Waals surface area (Å²) in [5.41, 5.74) is 5.09. The first-order valence-electron chi connectivity index (χ1n) is 8.08. The molecule has 4 rings (SSSR count). The van der Waals surface area contributed by atoms with Crippen LogP contribution in [0, 0.1) is 6.92 Å². The highest BCUT2D eigenvalue weighted by Crippen LogP contribution is 2.17. The Morgan fingerprint density at radius 2 is 1.88 bits per heavy atom. The highest BCUT2D eigenvalue weighted by atomic mass is 32.2. The second kappa shape index (κ2) is 6.64. The molecule has 0 aliphatic carbocycles. The van der Waals surface area contributed by atoms with E-state index >= 15 is 0 Å². The number of imidazole rings is 1. The van der Waals surface area contributed by atoms with Crippen molar-refractivity contribution in [1.82, 2.24) is 19.7 Å². The summed E-state index contributed by atoms with van der Waals surface area (Å²) in [7, 11) is 0. The maximum Gasteiger partial charge on any atom is 0.274 e. The molecule has 2 aromatic heterocycles. The van der Waals surface area contributed by atoms with E-state index in [4.69, 9.17) is 0 Å². The molecule has 0 atom stereocenters. The average molecular weight is 350 g/mol. The molecule has 0 saturated carbocycles. The van der Waals surface area contributed by atoms with Crippen LogP contribution >= 0.6 is 11.8 Å². The number of aromatic nitrogens is 4. The van der Waals surface area contributed by atoms with Crippen LogP contribution in [0.25, 0.3) is 17.0 Å². The van der Waals surface area contributed by atoms with E-state index < -0.39 is 0 Å². The van der Waals surface area contributed by atoms with Gasteiger partial charge < -0.3 is 4.98 Å². The van der Waals surface area contributed by atoms with Gasteiger partial charge in [0.15, 0.2) is 0 Å². The topological polar surface area (TPSA) is 66.5 Å². The fourth-order valence-corrected chi connectivity index (χ4v) is 3.58. The number of H-pyrrole nitrogens is 2. The SMILES string of the molecule is Cc1ccc(CSCc2cc(=O)n(-c3nc4ccccc4[nH]3)[nH]2)cc1. The van der Waals surface area contributed by atoms with Gasteiger partial charge in [0, 0.05) is 23.3 Å². The molecular weight excluding hydrogens is 332 g/mol. The lowest BCUT2D eigenvalue weighted by molar-refractivity contribution is 0.789. The highest BCUT2D eigenvalue weighted by Gasteiger charge is 2.09. The predicted octanol–water partition coefficient (Wildman–Crippen LogP) is 3.78. The molecule has 0 radical (unpaired) electrons. The number of aryl methyl sites for hydroxylation is 1. The van der Waals surface area contributed by atoms with Crippen molar-refractivity contribution in [3.05, 3.63) is 81.8 Å². The van der Waals surface area contributed by atoms with Gasteiger partial charge in [-0.15, -0.1) is 0 Å². The number of fused-ring (bicyclic) bond motifs is 1. The molecule has 126 valence electrons. The first-order valence-corrected chi connectivity index (χ1v) is 9.24. The predicted molar refractivity (Wildman–Crippen MR) is 102 cm³/mol. The van der Waals surface area contributed by atoms with Crippen LogP contribution in [0.1, 0.15) is 16.8 Å². The van der Waals surface area contributed by atoms with Gasteiger partial charge in [-0.3, -0.25) is 9.89 Å². The minimum atomic E-state index is -0.106. The summed E-state index contributed by atoms with van der Waals surface area (Å²) in [4.78, 5) is 19.9. The summed E-state index contributed by atoms with van der Waals surface area (Å²) in [6.07, 6.45) is 0. The monoisotopic (exact) mass is 350 g/mol. The molecule has 25 heavy (non-hydrogen) atoms. The minimum Gasteiger partial charge on any atom is -0.322 e. The Morgan fingerprint density at radius 3 is 2.68 bits per heavy atom. The zero-order valence-corrected chi connectivity index (χ0v) is 14.6. The fraction of sp³-hybridized carbons (Fsp3) is 0.158. The van der Waals surface area contributed by atoms with Crippen molar-refractivity contribution in [3.63, 3.8) is 0 Å². The Hall–Kier alpha value is -2.73. The zero-order valence-electron chi connectivity index (χ0n) is 13.8. The molecule has 2 heterocycles. The lowest BCUT2D eigenvalue weighted by Crippen LogP contribution is -2.14. The van der Waals surface area contributed by atoms with Gasteiger partial charge in [-0.2, -0.15) is 16.4 Å². The number of hydrogen-bond donors (Lipinski definition) is 2. The van der Waals surface area contributed by atoms with Crippen LogP contribution in [0.4, 0.5) is 0 Å². The summed E-state index contributed by atoms with van der Waals surface area (Å²) in [5, 5.41) is 3.14. The maximum atomic E-state index is 12.3. The third-order valence-corrected chi connectivity index (χ3v) is 5.06. The third kappa shape index (κ3) is 3.39. The molecule has 0 aliphatic rings. The van der Waals surface area contributed by atoms with Crippen LogP contribution in [-0.2, 0) is 11.5 Å². The quantitative estimate of drug-likeness (QED) is 0.575. The smallest absolute Gasteiger partial charge is 0.274 e. The van der Waals surface area contributed by atoms with Crippen molar-refractivity contribution in [2.24, 2.45) is 0 Å². The number of nitrogens with zero attached hydrogens (tertiary/aromatic N) is 2. The zero-order chi connectivity index (χ0) is 17.2. The standard InChI is InChI=1S/C19H18N4OS/c1-13-6-8-14(9-7-13)11-25-12-15-10-18(24)23(22-15)19-20-16-4-2-3-5-17(16)21-19/h2-10,22H,11-12H2,1H3,(H,20,21).